The van der Waals surface area contributed by atoms with Crippen LogP contribution < -0.4 is 4.72 Å². The molecule has 0 heterocycles. The van der Waals surface area contributed by atoms with Gasteiger partial charge in [0.25, 0.3) is 0 Å². The quantitative estimate of drug-likeness (QED) is 0.767. The van der Waals surface area contributed by atoms with Crippen molar-refractivity contribution in [3.63, 3.8) is 0 Å². The molecule has 1 rings (SSSR count). The molecule has 1 aromatic carbocycles. The van der Waals surface area contributed by atoms with Gasteiger partial charge in [0.2, 0.25) is 20.0 Å². The third-order valence-corrected chi connectivity index (χ3v) is 5.66. The standard InChI is InChI=1S/C13H22N2O4S2/c1-4-9-15(20(3,16)17)10-8-14-21(18,19)13-7-5-6-12(2)11-13/h5-7,11,14H,4,8-10H2,1-3H3. The van der Waals surface area contributed by atoms with E-state index < -0.39 is 20.0 Å². The molecule has 0 saturated carbocycles. The summed E-state index contributed by atoms with van der Waals surface area (Å²) in [7, 11) is -6.93. The highest BCUT2D eigenvalue weighted by Gasteiger charge is 2.18. The fourth-order valence-electron chi connectivity index (χ4n) is 1.86. The lowest BCUT2D eigenvalue weighted by Crippen LogP contribution is -2.38. The van der Waals surface area contributed by atoms with Crippen molar-refractivity contribution in [3.8, 4) is 0 Å². The maximum absolute atomic E-state index is 12.1. The summed E-state index contributed by atoms with van der Waals surface area (Å²) in [6.07, 6.45) is 1.80. The molecule has 21 heavy (non-hydrogen) atoms. The van der Waals surface area contributed by atoms with E-state index >= 15 is 0 Å². The van der Waals surface area contributed by atoms with Crippen molar-refractivity contribution in [2.75, 3.05) is 25.9 Å². The summed E-state index contributed by atoms with van der Waals surface area (Å²) >= 11 is 0. The lowest BCUT2D eigenvalue weighted by molar-refractivity contribution is 0.416. The van der Waals surface area contributed by atoms with Gasteiger partial charge in [-0.15, -0.1) is 0 Å². The Morgan fingerprint density at radius 2 is 1.81 bits per heavy atom. The number of sulfonamides is 2. The van der Waals surface area contributed by atoms with Gasteiger partial charge in [-0.2, -0.15) is 0 Å². The van der Waals surface area contributed by atoms with Gasteiger partial charge in [-0.05, 0) is 31.0 Å². The van der Waals surface area contributed by atoms with E-state index in [1.807, 2.05) is 19.9 Å². The Morgan fingerprint density at radius 3 is 2.33 bits per heavy atom. The molecule has 0 aliphatic rings. The molecule has 120 valence electrons. The molecule has 0 saturated heterocycles. The molecule has 6 nitrogen and oxygen atoms in total. The van der Waals surface area contributed by atoms with E-state index in [0.717, 1.165) is 11.8 Å². The molecule has 0 unspecified atom stereocenters. The highest BCUT2D eigenvalue weighted by Crippen LogP contribution is 2.10. The minimum Gasteiger partial charge on any atom is -0.213 e. The predicted molar refractivity (Wildman–Crippen MR) is 83.1 cm³/mol. The van der Waals surface area contributed by atoms with Gasteiger partial charge in [-0.3, -0.25) is 0 Å². The zero-order chi connectivity index (χ0) is 16.1. The summed E-state index contributed by atoms with van der Waals surface area (Å²) in [5.74, 6) is 0. The van der Waals surface area contributed by atoms with Gasteiger partial charge >= 0.3 is 0 Å². The first-order chi connectivity index (χ1) is 9.66. The van der Waals surface area contributed by atoms with Gasteiger partial charge < -0.3 is 0 Å². The molecule has 0 atom stereocenters. The molecule has 0 aromatic heterocycles. The molecule has 0 aliphatic carbocycles. The minimum absolute atomic E-state index is 0.0450. The molecule has 1 aromatic rings. The Hall–Kier alpha value is -0.960. The van der Waals surface area contributed by atoms with Crippen LogP contribution in [0.2, 0.25) is 0 Å². The second-order valence-corrected chi connectivity index (χ2v) is 8.63. The van der Waals surface area contributed by atoms with Crippen molar-refractivity contribution in [1.29, 1.82) is 0 Å². The smallest absolute Gasteiger partial charge is 0.213 e. The number of rotatable bonds is 8. The molecule has 1 N–H and O–H groups in total. The van der Waals surface area contributed by atoms with Crippen LogP contribution in [-0.2, 0) is 20.0 Å². The molecule has 0 amide bonds. The van der Waals surface area contributed by atoms with Crippen LogP contribution in [-0.4, -0.2) is 47.0 Å². The SMILES string of the molecule is CCCN(CCNS(=O)(=O)c1cccc(C)c1)S(C)(=O)=O. The normalized spacial score (nSPS) is 12.8. The van der Waals surface area contributed by atoms with E-state index in [9.17, 15) is 16.8 Å². The van der Waals surface area contributed by atoms with Crippen molar-refractivity contribution in [3.05, 3.63) is 29.8 Å². The number of nitrogens with zero attached hydrogens (tertiary/aromatic N) is 1. The van der Waals surface area contributed by atoms with Crippen LogP contribution in [0, 0.1) is 6.92 Å². The molecular weight excluding hydrogens is 312 g/mol. The summed E-state index contributed by atoms with van der Waals surface area (Å²) < 4.78 is 51.0. The first-order valence-electron chi connectivity index (χ1n) is 6.68. The number of nitrogens with one attached hydrogen (secondary N) is 1. The zero-order valence-electron chi connectivity index (χ0n) is 12.5. The first-order valence-corrected chi connectivity index (χ1v) is 10.0. The van der Waals surface area contributed by atoms with Crippen molar-refractivity contribution in [2.45, 2.75) is 25.2 Å². The van der Waals surface area contributed by atoms with E-state index in [0.29, 0.717) is 13.0 Å². The Morgan fingerprint density at radius 1 is 1.14 bits per heavy atom. The molecule has 0 bridgehead atoms. The average molecular weight is 334 g/mol. The third-order valence-electron chi connectivity index (χ3n) is 2.90. The first kappa shape index (κ1) is 18.1. The Bertz CT molecular complexity index is 669. The van der Waals surface area contributed by atoms with Gasteiger partial charge in [0.1, 0.15) is 0 Å². The predicted octanol–water partition coefficient (Wildman–Crippen LogP) is 0.945. The van der Waals surface area contributed by atoms with E-state index in [1.165, 1.54) is 10.4 Å². The molecular formula is C13H22N2O4S2. The Balaban J connectivity index is 2.70. The molecule has 0 spiro atoms. The zero-order valence-corrected chi connectivity index (χ0v) is 14.2. The summed E-state index contributed by atoms with van der Waals surface area (Å²) in [5.41, 5.74) is 0.849. The van der Waals surface area contributed by atoms with Crippen LogP contribution in [0.3, 0.4) is 0 Å². The summed E-state index contributed by atoms with van der Waals surface area (Å²) in [6, 6.07) is 6.56. The number of hydrogen-bond acceptors (Lipinski definition) is 4. The third kappa shape index (κ3) is 5.74. The van der Waals surface area contributed by atoms with Gasteiger partial charge in [0.05, 0.1) is 11.2 Å². The van der Waals surface area contributed by atoms with Crippen LogP contribution >= 0.6 is 0 Å². The number of aryl methyl sites for hydroxylation is 1. The maximum Gasteiger partial charge on any atom is 0.240 e. The molecule has 0 fully saturated rings. The van der Waals surface area contributed by atoms with Gasteiger partial charge in [0.15, 0.2) is 0 Å². The summed E-state index contributed by atoms with van der Waals surface area (Å²) in [5, 5.41) is 0. The second kappa shape index (κ2) is 7.35. The van der Waals surface area contributed by atoms with Crippen LogP contribution in [0.1, 0.15) is 18.9 Å². The number of benzene rings is 1. The summed E-state index contributed by atoms with van der Waals surface area (Å²) in [4.78, 5) is 0.184. The Labute approximate surface area is 127 Å². The van der Waals surface area contributed by atoms with Crippen LogP contribution in [0.25, 0.3) is 0 Å². The lowest BCUT2D eigenvalue weighted by Gasteiger charge is -2.19. The number of hydrogen-bond donors (Lipinski definition) is 1. The lowest BCUT2D eigenvalue weighted by atomic mass is 10.2. The molecule has 0 aliphatic heterocycles. The van der Waals surface area contributed by atoms with Crippen molar-refractivity contribution < 1.29 is 16.8 Å². The van der Waals surface area contributed by atoms with Crippen molar-refractivity contribution in [2.24, 2.45) is 0 Å². The highest BCUT2D eigenvalue weighted by atomic mass is 32.2. The molecule has 0 radical (unpaired) electrons. The summed E-state index contributed by atoms with van der Waals surface area (Å²) in [6.45, 7) is 4.23. The van der Waals surface area contributed by atoms with E-state index in [-0.39, 0.29) is 18.0 Å². The molecule has 8 heteroatoms. The largest absolute Gasteiger partial charge is 0.240 e. The minimum atomic E-state index is -3.61. The van der Waals surface area contributed by atoms with Crippen LogP contribution in [0.4, 0.5) is 0 Å². The fraction of sp³-hybridized carbons (Fsp3) is 0.538. The van der Waals surface area contributed by atoms with Crippen LogP contribution in [0.5, 0.6) is 0 Å². The average Bonchev–Trinajstić information content (AvgIpc) is 2.36. The van der Waals surface area contributed by atoms with Crippen molar-refractivity contribution in [1.82, 2.24) is 9.03 Å². The van der Waals surface area contributed by atoms with E-state index in [2.05, 4.69) is 4.72 Å². The topological polar surface area (TPSA) is 83.6 Å². The maximum atomic E-state index is 12.1. The fourth-order valence-corrected chi connectivity index (χ4v) is 3.93. The van der Waals surface area contributed by atoms with E-state index in [4.69, 9.17) is 0 Å². The Kier molecular flexibility index (Phi) is 6.33. The van der Waals surface area contributed by atoms with Crippen molar-refractivity contribution >= 4 is 20.0 Å². The van der Waals surface area contributed by atoms with E-state index in [1.54, 1.807) is 12.1 Å². The van der Waals surface area contributed by atoms with Crippen LogP contribution in [0.15, 0.2) is 29.2 Å². The van der Waals surface area contributed by atoms with Gasteiger partial charge in [-0.25, -0.2) is 25.9 Å². The van der Waals surface area contributed by atoms with Gasteiger partial charge in [-0.1, -0.05) is 19.1 Å². The highest BCUT2D eigenvalue weighted by molar-refractivity contribution is 7.89. The van der Waals surface area contributed by atoms with Gasteiger partial charge in [0, 0.05) is 19.6 Å². The monoisotopic (exact) mass is 334 g/mol. The second-order valence-electron chi connectivity index (χ2n) is 4.88.